The lowest BCUT2D eigenvalue weighted by Crippen LogP contribution is -2.51. The van der Waals surface area contributed by atoms with E-state index in [0.717, 1.165) is 7.11 Å². The number of benzene rings is 1. The molecule has 10 heteroatoms. The number of amides is 3. The number of allylic oxidation sites excluding steroid dienone is 1. The van der Waals surface area contributed by atoms with Gasteiger partial charge in [-0.1, -0.05) is 12.1 Å². The molecule has 0 aliphatic carbocycles. The molecular formula is C17H19N3O7. The standard InChI is InChI=1S/C17H19N3O7/c1-9(2)27-17(23)19-14(11-6-5-7-12(8-11)20(24)25)13(15(21)26-4)10(3)18-16(19)22/h5-9,14H,1-4H3,(H,18,22). The third-order valence-corrected chi connectivity index (χ3v) is 3.78. The Labute approximate surface area is 154 Å². The van der Waals surface area contributed by atoms with Crippen LogP contribution in [0.5, 0.6) is 0 Å². The number of methoxy groups -OCH3 is 1. The SMILES string of the molecule is COC(=O)C1=C(C)NC(=O)N(C(=O)OC(C)C)C1c1cccc([N+](=O)[O-])c1. The number of hydrogen-bond acceptors (Lipinski definition) is 7. The second-order valence-electron chi connectivity index (χ2n) is 6.02. The maximum absolute atomic E-state index is 12.5. The van der Waals surface area contributed by atoms with Crippen LogP contribution in [0.1, 0.15) is 32.4 Å². The van der Waals surface area contributed by atoms with Crippen molar-refractivity contribution in [2.75, 3.05) is 7.11 Å². The van der Waals surface area contributed by atoms with Crippen LogP contribution < -0.4 is 5.32 Å². The molecule has 0 radical (unpaired) electrons. The van der Waals surface area contributed by atoms with Gasteiger partial charge in [-0.05, 0) is 26.3 Å². The first-order chi connectivity index (χ1) is 12.7. The Morgan fingerprint density at radius 1 is 1.33 bits per heavy atom. The Hall–Kier alpha value is -3.43. The van der Waals surface area contributed by atoms with Crippen molar-refractivity contribution in [3.05, 3.63) is 51.2 Å². The van der Waals surface area contributed by atoms with E-state index in [0.29, 0.717) is 4.90 Å². The number of nitro benzene ring substituents is 1. The molecule has 1 atom stereocenters. The first kappa shape index (κ1) is 19.9. The lowest BCUT2D eigenvalue weighted by atomic mass is 9.94. The number of hydrogen-bond donors (Lipinski definition) is 1. The molecule has 1 heterocycles. The fourth-order valence-electron chi connectivity index (χ4n) is 2.68. The van der Waals surface area contributed by atoms with Crippen LogP contribution in [0.15, 0.2) is 35.5 Å². The summed E-state index contributed by atoms with van der Waals surface area (Å²) in [6.07, 6.45) is -1.52. The second-order valence-corrected chi connectivity index (χ2v) is 6.02. The molecule has 0 saturated carbocycles. The lowest BCUT2D eigenvalue weighted by molar-refractivity contribution is -0.384. The molecule has 0 bridgehead atoms. The molecule has 0 aromatic heterocycles. The van der Waals surface area contributed by atoms with Gasteiger partial charge in [-0.25, -0.2) is 19.3 Å². The van der Waals surface area contributed by atoms with Crippen LogP contribution in [0.3, 0.4) is 0 Å². The fourth-order valence-corrected chi connectivity index (χ4v) is 2.68. The van der Waals surface area contributed by atoms with Crippen molar-refractivity contribution in [2.45, 2.75) is 32.9 Å². The summed E-state index contributed by atoms with van der Waals surface area (Å²) in [4.78, 5) is 48.5. The molecule has 1 aromatic rings. The van der Waals surface area contributed by atoms with Crippen LogP contribution in [-0.4, -0.2) is 41.1 Å². The number of carbonyl (C=O) groups excluding carboxylic acids is 3. The van der Waals surface area contributed by atoms with Gasteiger partial charge in [0.25, 0.3) is 5.69 Å². The van der Waals surface area contributed by atoms with Gasteiger partial charge in [0, 0.05) is 17.8 Å². The van der Waals surface area contributed by atoms with Gasteiger partial charge in [-0.2, -0.15) is 0 Å². The highest BCUT2D eigenvalue weighted by atomic mass is 16.6. The number of ether oxygens (including phenoxy) is 2. The summed E-state index contributed by atoms with van der Waals surface area (Å²) in [6.45, 7) is 4.68. The number of carbonyl (C=O) groups is 3. The smallest absolute Gasteiger partial charge is 0.419 e. The third kappa shape index (κ3) is 4.05. The Bertz CT molecular complexity index is 832. The lowest BCUT2D eigenvalue weighted by Gasteiger charge is -2.35. The molecule has 0 fully saturated rings. The maximum Gasteiger partial charge on any atom is 0.419 e. The highest BCUT2D eigenvalue weighted by Gasteiger charge is 2.43. The number of nitro groups is 1. The molecule has 2 rings (SSSR count). The molecule has 1 N–H and O–H groups in total. The van der Waals surface area contributed by atoms with Crippen LogP contribution >= 0.6 is 0 Å². The second kappa shape index (κ2) is 7.85. The van der Waals surface area contributed by atoms with E-state index in [1.165, 1.54) is 31.2 Å². The molecule has 144 valence electrons. The summed E-state index contributed by atoms with van der Waals surface area (Å²) < 4.78 is 9.88. The average molecular weight is 377 g/mol. The molecule has 3 amide bonds. The van der Waals surface area contributed by atoms with Crippen LogP contribution in [-0.2, 0) is 14.3 Å². The van der Waals surface area contributed by atoms with E-state index in [2.05, 4.69) is 5.32 Å². The Balaban J connectivity index is 2.67. The van der Waals surface area contributed by atoms with E-state index >= 15 is 0 Å². The van der Waals surface area contributed by atoms with Crippen molar-refractivity contribution in [1.82, 2.24) is 10.2 Å². The van der Waals surface area contributed by atoms with Gasteiger partial charge >= 0.3 is 18.1 Å². The van der Waals surface area contributed by atoms with Gasteiger partial charge in [0.15, 0.2) is 0 Å². The zero-order valence-corrected chi connectivity index (χ0v) is 15.2. The quantitative estimate of drug-likeness (QED) is 0.485. The summed E-state index contributed by atoms with van der Waals surface area (Å²) in [5, 5.41) is 13.5. The number of rotatable bonds is 4. The Kier molecular flexibility index (Phi) is 5.78. The van der Waals surface area contributed by atoms with E-state index in [4.69, 9.17) is 9.47 Å². The summed E-state index contributed by atoms with van der Waals surface area (Å²) in [5.41, 5.74) is 0.0901. The Morgan fingerprint density at radius 3 is 2.56 bits per heavy atom. The molecule has 1 aromatic carbocycles. The number of nitrogens with zero attached hydrogens (tertiary/aromatic N) is 2. The molecule has 0 saturated heterocycles. The van der Waals surface area contributed by atoms with Crippen LogP contribution in [0, 0.1) is 10.1 Å². The van der Waals surface area contributed by atoms with Crippen molar-refractivity contribution in [3.63, 3.8) is 0 Å². The fraction of sp³-hybridized carbons (Fsp3) is 0.353. The van der Waals surface area contributed by atoms with Crippen molar-refractivity contribution >= 4 is 23.8 Å². The van der Waals surface area contributed by atoms with Gasteiger partial charge in [-0.3, -0.25) is 10.1 Å². The van der Waals surface area contributed by atoms with Gasteiger partial charge in [0.1, 0.15) is 6.04 Å². The van der Waals surface area contributed by atoms with Gasteiger partial charge in [0.2, 0.25) is 0 Å². The first-order valence-corrected chi connectivity index (χ1v) is 8.01. The van der Waals surface area contributed by atoms with Crippen molar-refractivity contribution in [3.8, 4) is 0 Å². The average Bonchev–Trinajstić information content (AvgIpc) is 2.59. The molecule has 1 aliphatic heterocycles. The van der Waals surface area contributed by atoms with Crippen LogP contribution in [0.2, 0.25) is 0 Å². The van der Waals surface area contributed by atoms with E-state index in [-0.39, 0.29) is 22.5 Å². The van der Waals surface area contributed by atoms with E-state index in [1.54, 1.807) is 13.8 Å². The first-order valence-electron chi connectivity index (χ1n) is 8.01. The van der Waals surface area contributed by atoms with Gasteiger partial charge < -0.3 is 14.8 Å². The molecule has 10 nitrogen and oxygen atoms in total. The predicted octanol–water partition coefficient (Wildman–Crippen LogP) is 2.65. The van der Waals surface area contributed by atoms with E-state index < -0.39 is 35.2 Å². The van der Waals surface area contributed by atoms with Gasteiger partial charge in [0.05, 0.1) is 23.7 Å². The zero-order chi connectivity index (χ0) is 20.3. The van der Waals surface area contributed by atoms with Crippen LogP contribution in [0.4, 0.5) is 15.3 Å². The van der Waals surface area contributed by atoms with Crippen molar-refractivity contribution in [1.29, 1.82) is 0 Å². The number of esters is 1. The summed E-state index contributed by atoms with van der Waals surface area (Å²) in [7, 11) is 1.15. The monoisotopic (exact) mass is 377 g/mol. The number of urea groups is 1. The molecule has 0 spiro atoms. The predicted molar refractivity (Wildman–Crippen MR) is 92.5 cm³/mol. The van der Waals surface area contributed by atoms with E-state index in [9.17, 15) is 24.5 Å². The third-order valence-electron chi connectivity index (χ3n) is 3.78. The minimum Gasteiger partial charge on any atom is -0.466 e. The number of nitrogens with one attached hydrogen (secondary N) is 1. The minimum absolute atomic E-state index is 0.0293. The number of non-ortho nitro benzene ring substituents is 1. The Morgan fingerprint density at radius 2 is 2.00 bits per heavy atom. The molecule has 27 heavy (non-hydrogen) atoms. The zero-order valence-electron chi connectivity index (χ0n) is 15.2. The van der Waals surface area contributed by atoms with E-state index in [1.807, 2.05) is 0 Å². The summed E-state index contributed by atoms with van der Waals surface area (Å²) in [6, 6.07) is 3.27. The molecular weight excluding hydrogens is 358 g/mol. The minimum atomic E-state index is -1.24. The van der Waals surface area contributed by atoms with Gasteiger partial charge in [-0.15, -0.1) is 0 Å². The van der Waals surface area contributed by atoms with Crippen LogP contribution in [0.25, 0.3) is 0 Å². The summed E-state index contributed by atoms with van der Waals surface area (Å²) >= 11 is 0. The highest BCUT2D eigenvalue weighted by molar-refractivity contribution is 6.00. The summed E-state index contributed by atoms with van der Waals surface area (Å²) in [5.74, 6) is -0.786. The normalized spacial score (nSPS) is 16.9. The molecule has 1 unspecified atom stereocenters. The topological polar surface area (TPSA) is 128 Å². The highest BCUT2D eigenvalue weighted by Crippen LogP contribution is 2.36. The maximum atomic E-state index is 12.5. The van der Waals surface area contributed by atoms with Crippen molar-refractivity contribution < 1.29 is 28.8 Å². The largest absolute Gasteiger partial charge is 0.466 e. The number of imide groups is 1. The molecule has 1 aliphatic rings. The van der Waals surface area contributed by atoms with Crippen molar-refractivity contribution in [2.24, 2.45) is 0 Å².